The predicted octanol–water partition coefficient (Wildman–Crippen LogP) is 4.55. The molecule has 0 N–H and O–H groups in total. The molecule has 2 heterocycles. The van der Waals surface area contributed by atoms with Gasteiger partial charge in [-0.2, -0.15) is 0 Å². The zero-order valence-electron chi connectivity index (χ0n) is 16.4. The van der Waals surface area contributed by atoms with Gasteiger partial charge in [-0.15, -0.1) is 0 Å². The average molecular weight is 397 g/mol. The fraction of sp³-hybridized carbons (Fsp3) is 0.120. The van der Waals surface area contributed by atoms with Gasteiger partial charge in [0, 0.05) is 7.05 Å². The van der Waals surface area contributed by atoms with Gasteiger partial charge in [0.05, 0.1) is 17.0 Å². The molecule has 1 aromatic heterocycles. The molecule has 0 fully saturated rings. The molecule has 0 radical (unpaired) electrons. The highest BCUT2D eigenvalue weighted by atomic mass is 16.5. The van der Waals surface area contributed by atoms with Gasteiger partial charge in [-0.05, 0) is 35.4 Å². The summed E-state index contributed by atoms with van der Waals surface area (Å²) < 4.78 is 11.7. The van der Waals surface area contributed by atoms with Gasteiger partial charge >= 0.3 is 0 Å². The fourth-order valence-electron chi connectivity index (χ4n) is 3.91. The minimum absolute atomic E-state index is 0.121. The zero-order chi connectivity index (χ0) is 20.7. The van der Waals surface area contributed by atoms with Crippen molar-refractivity contribution in [3.63, 3.8) is 0 Å². The van der Waals surface area contributed by atoms with Crippen LogP contribution in [0.3, 0.4) is 0 Å². The molecular formula is C25H19NO4. The Morgan fingerprint density at radius 3 is 2.37 bits per heavy atom. The van der Waals surface area contributed by atoms with E-state index in [0.717, 1.165) is 16.9 Å². The molecule has 0 aliphatic carbocycles. The third-order valence-electron chi connectivity index (χ3n) is 5.45. The SMILES string of the molecule is CN1C(=O)c2oc3ccccc3c(=O)c2C1c1ccc(OCc2ccccc2)cc1. The Bertz CT molecular complexity index is 1290. The maximum absolute atomic E-state index is 13.2. The number of hydrogen-bond acceptors (Lipinski definition) is 4. The lowest BCUT2D eigenvalue weighted by atomic mass is 9.99. The molecule has 1 aliphatic heterocycles. The van der Waals surface area contributed by atoms with Gasteiger partial charge < -0.3 is 14.1 Å². The molecule has 0 saturated heterocycles. The van der Waals surface area contributed by atoms with E-state index < -0.39 is 6.04 Å². The largest absolute Gasteiger partial charge is 0.489 e. The summed E-state index contributed by atoms with van der Waals surface area (Å²) in [6.07, 6.45) is 0. The van der Waals surface area contributed by atoms with E-state index in [1.807, 2.05) is 54.6 Å². The van der Waals surface area contributed by atoms with Crippen molar-refractivity contribution in [2.75, 3.05) is 7.05 Å². The Morgan fingerprint density at radius 1 is 0.900 bits per heavy atom. The molecule has 1 unspecified atom stereocenters. The highest BCUT2D eigenvalue weighted by molar-refractivity contribution is 5.98. The van der Waals surface area contributed by atoms with Gasteiger partial charge in [0.1, 0.15) is 17.9 Å². The third-order valence-corrected chi connectivity index (χ3v) is 5.45. The van der Waals surface area contributed by atoms with Crippen LogP contribution in [-0.4, -0.2) is 17.9 Å². The Kier molecular flexibility index (Phi) is 4.36. The summed E-state index contributed by atoms with van der Waals surface area (Å²) >= 11 is 0. The summed E-state index contributed by atoms with van der Waals surface area (Å²) in [5.74, 6) is 0.554. The van der Waals surface area contributed by atoms with Crippen LogP contribution in [0.5, 0.6) is 5.75 Å². The molecule has 1 aliphatic rings. The van der Waals surface area contributed by atoms with Crippen LogP contribution in [-0.2, 0) is 6.61 Å². The number of benzene rings is 3. The standard InChI is InChI=1S/C25H19NO4/c1-26-22(17-11-13-18(14-12-17)29-15-16-7-3-2-4-8-16)21-23(27)19-9-5-6-10-20(19)30-24(21)25(26)28/h2-14,22H,15H2,1H3. The number of para-hydroxylation sites is 1. The van der Waals surface area contributed by atoms with Crippen molar-refractivity contribution in [1.82, 2.24) is 4.90 Å². The Morgan fingerprint density at radius 2 is 1.60 bits per heavy atom. The van der Waals surface area contributed by atoms with E-state index in [0.29, 0.717) is 23.1 Å². The molecule has 4 aromatic rings. The van der Waals surface area contributed by atoms with Crippen molar-refractivity contribution in [3.8, 4) is 5.75 Å². The lowest BCUT2D eigenvalue weighted by molar-refractivity contribution is 0.0771. The molecule has 1 amide bonds. The normalized spacial score (nSPS) is 15.4. The van der Waals surface area contributed by atoms with Crippen molar-refractivity contribution in [2.24, 2.45) is 0 Å². The van der Waals surface area contributed by atoms with Gasteiger partial charge in [-0.3, -0.25) is 9.59 Å². The maximum Gasteiger partial charge on any atom is 0.290 e. The number of nitrogens with zero attached hydrogens (tertiary/aromatic N) is 1. The molecule has 3 aromatic carbocycles. The number of rotatable bonds is 4. The molecular weight excluding hydrogens is 378 g/mol. The van der Waals surface area contributed by atoms with Crippen LogP contribution in [0.15, 0.2) is 88.1 Å². The van der Waals surface area contributed by atoms with Gasteiger partial charge in [0.15, 0.2) is 5.43 Å². The van der Waals surface area contributed by atoms with Crippen LogP contribution in [0.1, 0.15) is 33.3 Å². The fourth-order valence-corrected chi connectivity index (χ4v) is 3.91. The quantitative estimate of drug-likeness (QED) is 0.507. The molecule has 0 saturated carbocycles. The highest BCUT2D eigenvalue weighted by Crippen LogP contribution is 2.37. The van der Waals surface area contributed by atoms with Gasteiger partial charge in [0.2, 0.25) is 5.76 Å². The summed E-state index contributed by atoms with van der Waals surface area (Å²) in [7, 11) is 1.69. The van der Waals surface area contributed by atoms with Crippen molar-refractivity contribution < 1.29 is 13.9 Å². The van der Waals surface area contributed by atoms with E-state index >= 15 is 0 Å². The highest BCUT2D eigenvalue weighted by Gasteiger charge is 2.40. The van der Waals surface area contributed by atoms with Crippen LogP contribution >= 0.6 is 0 Å². The minimum Gasteiger partial charge on any atom is -0.489 e. The van der Waals surface area contributed by atoms with Crippen LogP contribution < -0.4 is 10.2 Å². The summed E-state index contributed by atoms with van der Waals surface area (Å²) in [6.45, 7) is 0.473. The second-order valence-corrected chi connectivity index (χ2v) is 7.33. The van der Waals surface area contributed by atoms with E-state index in [1.54, 1.807) is 36.2 Å². The van der Waals surface area contributed by atoms with Crippen molar-refractivity contribution in [1.29, 1.82) is 0 Å². The van der Waals surface area contributed by atoms with Gasteiger partial charge in [-0.1, -0.05) is 54.6 Å². The van der Waals surface area contributed by atoms with Crippen molar-refractivity contribution >= 4 is 16.9 Å². The number of carbonyl (C=O) groups is 1. The summed E-state index contributed by atoms with van der Waals surface area (Å²) in [5.41, 5.74) is 2.56. The summed E-state index contributed by atoms with van der Waals surface area (Å²) in [6, 6.07) is 23.9. The molecule has 0 spiro atoms. The molecule has 1 atom stereocenters. The third kappa shape index (κ3) is 2.95. The Hall–Kier alpha value is -3.86. The van der Waals surface area contributed by atoms with E-state index in [4.69, 9.17) is 9.15 Å². The number of ether oxygens (including phenoxy) is 1. The first kappa shape index (κ1) is 18.2. The molecule has 5 heteroatoms. The molecule has 0 bridgehead atoms. The van der Waals surface area contributed by atoms with E-state index in [2.05, 4.69) is 0 Å². The summed E-state index contributed by atoms with van der Waals surface area (Å²) in [5, 5.41) is 0.479. The van der Waals surface area contributed by atoms with Crippen LogP contribution in [0.2, 0.25) is 0 Å². The van der Waals surface area contributed by atoms with Crippen LogP contribution in [0.25, 0.3) is 11.0 Å². The lowest BCUT2D eigenvalue weighted by Gasteiger charge is -2.20. The second kappa shape index (κ2) is 7.19. The molecule has 5 rings (SSSR count). The second-order valence-electron chi connectivity index (χ2n) is 7.33. The zero-order valence-corrected chi connectivity index (χ0v) is 16.4. The number of amides is 1. The molecule has 5 nitrogen and oxygen atoms in total. The van der Waals surface area contributed by atoms with E-state index in [1.165, 1.54) is 0 Å². The first-order chi connectivity index (χ1) is 14.6. The molecule has 148 valence electrons. The molecule has 30 heavy (non-hydrogen) atoms. The van der Waals surface area contributed by atoms with Crippen LogP contribution in [0.4, 0.5) is 0 Å². The number of carbonyl (C=O) groups excluding carboxylic acids is 1. The van der Waals surface area contributed by atoms with Gasteiger partial charge in [0.25, 0.3) is 5.91 Å². The van der Waals surface area contributed by atoms with Crippen molar-refractivity contribution in [2.45, 2.75) is 12.6 Å². The smallest absolute Gasteiger partial charge is 0.290 e. The predicted molar refractivity (Wildman–Crippen MR) is 114 cm³/mol. The van der Waals surface area contributed by atoms with Gasteiger partial charge in [-0.25, -0.2) is 0 Å². The summed E-state index contributed by atoms with van der Waals surface area (Å²) in [4.78, 5) is 27.5. The van der Waals surface area contributed by atoms with Crippen LogP contribution in [0, 0.1) is 0 Å². The van der Waals surface area contributed by atoms with E-state index in [9.17, 15) is 9.59 Å². The first-order valence-corrected chi connectivity index (χ1v) is 9.73. The monoisotopic (exact) mass is 397 g/mol. The minimum atomic E-state index is -0.489. The topological polar surface area (TPSA) is 59.8 Å². The van der Waals surface area contributed by atoms with E-state index in [-0.39, 0.29) is 17.1 Å². The lowest BCUT2D eigenvalue weighted by Crippen LogP contribution is -2.25. The number of fused-ring (bicyclic) bond motifs is 2. The Labute approximate surface area is 173 Å². The maximum atomic E-state index is 13.2. The van der Waals surface area contributed by atoms with Crippen molar-refractivity contribution in [3.05, 3.63) is 112 Å². The first-order valence-electron chi connectivity index (χ1n) is 9.73. The Balaban J connectivity index is 1.48. The number of hydrogen-bond donors (Lipinski definition) is 0. The average Bonchev–Trinajstić information content (AvgIpc) is 3.04.